The van der Waals surface area contributed by atoms with Gasteiger partial charge < -0.3 is 5.43 Å². The molecule has 0 saturated carbocycles. The Morgan fingerprint density at radius 1 is 1.47 bits per heavy atom. The van der Waals surface area contributed by atoms with E-state index < -0.39 is 4.92 Å². The SMILES string of the molecule is NNc1c(Cn2cccn2)cccc1[N+](=O)[O-]. The van der Waals surface area contributed by atoms with Crippen LogP contribution in [0, 0.1) is 10.1 Å². The monoisotopic (exact) mass is 233 g/mol. The zero-order chi connectivity index (χ0) is 12.3. The predicted molar refractivity (Wildman–Crippen MR) is 62.2 cm³/mol. The van der Waals surface area contributed by atoms with Gasteiger partial charge in [-0.1, -0.05) is 12.1 Å². The average Bonchev–Trinajstić information content (AvgIpc) is 2.81. The minimum Gasteiger partial charge on any atom is -0.318 e. The Bertz CT molecular complexity index is 523. The van der Waals surface area contributed by atoms with Gasteiger partial charge in [-0.3, -0.25) is 20.6 Å². The van der Waals surface area contributed by atoms with E-state index in [0.29, 0.717) is 17.8 Å². The largest absolute Gasteiger partial charge is 0.318 e. The van der Waals surface area contributed by atoms with Crippen LogP contribution in [0.15, 0.2) is 36.7 Å². The molecule has 1 aromatic carbocycles. The van der Waals surface area contributed by atoms with E-state index in [4.69, 9.17) is 5.84 Å². The highest BCUT2D eigenvalue weighted by atomic mass is 16.6. The fourth-order valence-electron chi connectivity index (χ4n) is 1.61. The average molecular weight is 233 g/mol. The van der Waals surface area contributed by atoms with Gasteiger partial charge in [0.25, 0.3) is 5.69 Å². The molecule has 0 radical (unpaired) electrons. The Labute approximate surface area is 97.0 Å². The molecule has 0 saturated heterocycles. The third-order valence-electron chi connectivity index (χ3n) is 2.36. The van der Waals surface area contributed by atoms with Crippen LogP contribution in [-0.4, -0.2) is 14.7 Å². The maximum atomic E-state index is 10.8. The maximum absolute atomic E-state index is 10.8. The van der Waals surface area contributed by atoms with Crippen molar-refractivity contribution in [3.05, 3.63) is 52.3 Å². The molecule has 0 aliphatic carbocycles. The molecule has 3 N–H and O–H groups in total. The van der Waals surface area contributed by atoms with Gasteiger partial charge in [-0.05, 0) is 6.07 Å². The first kappa shape index (κ1) is 11.1. The first-order valence-electron chi connectivity index (χ1n) is 4.92. The van der Waals surface area contributed by atoms with E-state index in [2.05, 4.69) is 10.5 Å². The first-order valence-corrected chi connectivity index (χ1v) is 4.92. The van der Waals surface area contributed by atoms with Crippen LogP contribution in [-0.2, 0) is 6.54 Å². The summed E-state index contributed by atoms with van der Waals surface area (Å²) in [6, 6.07) is 6.58. The van der Waals surface area contributed by atoms with Crippen LogP contribution in [0.2, 0.25) is 0 Å². The molecule has 0 amide bonds. The smallest absolute Gasteiger partial charge is 0.293 e. The Kier molecular flexibility index (Phi) is 3.01. The Morgan fingerprint density at radius 2 is 2.29 bits per heavy atom. The van der Waals surface area contributed by atoms with Crippen LogP contribution in [0.25, 0.3) is 0 Å². The summed E-state index contributed by atoms with van der Waals surface area (Å²) in [7, 11) is 0. The third kappa shape index (κ3) is 2.23. The summed E-state index contributed by atoms with van der Waals surface area (Å²) in [4.78, 5) is 10.4. The van der Waals surface area contributed by atoms with Crippen molar-refractivity contribution in [3.8, 4) is 0 Å². The fraction of sp³-hybridized carbons (Fsp3) is 0.100. The van der Waals surface area contributed by atoms with Gasteiger partial charge in [0.05, 0.1) is 11.5 Å². The van der Waals surface area contributed by atoms with Crippen LogP contribution in [0.4, 0.5) is 11.4 Å². The number of nitro groups is 1. The van der Waals surface area contributed by atoms with E-state index in [1.54, 1.807) is 35.3 Å². The lowest BCUT2D eigenvalue weighted by molar-refractivity contribution is -0.384. The van der Waals surface area contributed by atoms with E-state index in [1.165, 1.54) is 6.07 Å². The first-order chi connectivity index (χ1) is 8.22. The lowest BCUT2D eigenvalue weighted by Gasteiger charge is -2.09. The van der Waals surface area contributed by atoms with Crippen LogP contribution in [0.5, 0.6) is 0 Å². The molecule has 88 valence electrons. The lowest BCUT2D eigenvalue weighted by Crippen LogP contribution is -2.13. The van der Waals surface area contributed by atoms with Gasteiger partial charge >= 0.3 is 0 Å². The molecule has 2 rings (SSSR count). The molecule has 0 atom stereocenters. The molecule has 0 fully saturated rings. The number of nitrogens with one attached hydrogen (secondary N) is 1. The minimum absolute atomic E-state index is 0.0443. The molecule has 0 aliphatic rings. The maximum Gasteiger partial charge on any atom is 0.293 e. The highest BCUT2D eigenvalue weighted by Crippen LogP contribution is 2.27. The van der Waals surface area contributed by atoms with Gasteiger partial charge in [-0.25, -0.2) is 0 Å². The van der Waals surface area contributed by atoms with Crippen molar-refractivity contribution >= 4 is 11.4 Å². The molecule has 0 spiro atoms. The molecule has 0 bridgehead atoms. The number of hydrazine groups is 1. The van der Waals surface area contributed by atoms with E-state index in [0.717, 1.165) is 0 Å². The molecule has 0 unspecified atom stereocenters. The standard InChI is InChI=1S/C10H11N5O2/c11-13-10-8(7-14-6-2-5-12-14)3-1-4-9(10)15(16)17/h1-6,13H,7,11H2. The van der Waals surface area contributed by atoms with Gasteiger partial charge in [-0.2, -0.15) is 5.10 Å². The second-order valence-corrected chi connectivity index (χ2v) is 3.42. The molecule has 1 heterocycles. The lowest BCUT2D eigenvalue weighted by atomic mass is 10.1. The summed E-state index contributed by atoms with van der Waals surface area (Å²) in [6.07, 6.45) is 3.42. The van der Waals surface area contributed by atoms with Gasteiger partial charge in [-0.15, -0.1) is 0 Å². The highest BCUT2D eigenvalue weighted by molar-refractivity contribution is 5.65. The number of nitrogen functional groups attached to an aromatic ring is 1. The van der Waals surface area contributed by atoms with Crippen LogP contribution in [0.1, 0.15) is 5.56 Å². The van der Waals surface area contributed by atoms with Crippen LogP contribution in [0.3, 0.4) is 0 Å². The number of rotatable bonds is 4. The molecule has 1 aromatic heterocycles. The van der Waals surface area contributed by atoms with E-state index >= 15 is 0 Å². The Hall–Kier alpha value is -2.41. The van der Waals surface area contributed by atoms with Gasteiger partial charge in [0.15, 0.2) is 0 Å². The molecule has 0 aliphatic heterocycles. The van der Waals surface area contributed by atoms with Crippen LogP contribution >= 0.6 is 0 Å². The van der Waals surface area contributed by atoms with E-state index in [9.17, 15) is 10.1 Å². The zero-order valence-electron chi connectivity index (χ0n) is 8.91. The van der Waals surface area contributed by atoms with Gasteiger partial charge in [0, 0.05) is 24.0 Å². The number of anilines is 1. The molecule has 2 aromatic rings. The number of nitrogens with two attached hydrogens (primary N) is 1. The van der Waals surface area contributed by atoms with Gasteiger partial charge in [0.2, 0.25) is 0 Å². The zero-order valence-corrected chi connectivity index (χ0v) is 8.91. The summed E-state index contributed by atoms with van der Waals surface area (Å²) >= 11 is 0. The van der Waals surface area contributed by atoms with Crippen molar-refractivity contribution in [1.82, 2.24) is 9.78 Å². The summed E-state index contributed by atoms with van der Waals surface area (Å²) < 4.78 is 1.67. The highest BCUT2D eigenvalue weighted by Gasteiger charge is 2.16. The van der Waals surface area contributed by atoms with E-state index in [-0.39, 0.29) is 5.69 Å². The normalized spacial score (nSPS) is 10.2. The number of benzene rings is 1. The van der Waals surface area contributed by atoms with Crippen molar-refractivity contribution in [1.29, 1.82) is 0 Å². The number of hydrogen-bond donors (Lipinski definition) is 2. The second kappa shape index (κ2) is 4.62. The number of nitrogens with zero attached hydrogens (tertiary/aromatic N) is 3. The van der Waals surface area contributed by atoms with Crippen molar-refractivity contribution in [2.24, 2.45) is 5.84 Å². The molecule has 7 nitrogen and oxygen atoms in total. The molecule has 17 heavy (non-hydrogen) atoms. The summed E-state index contributed by atoms with van der Waals surface area (Å²) in [5.74, 6) is 5.33. The summed E-state index contributed by atoms with van der Waals surface area (Å²) in [6.45, 7) is 0.425. The number of hydrogen-bond acceptors (Lipinski definition) is 5. The molecule has 7 heteroatoms. The van der Waals surface area contributed by atoms with Crippen molar-refractivity contribution in [3.63, 3.8) is 0 Å². The fourth-order valence-corrected chi connectivity index (χ4v) is 1.61. The van der Waals surface area contributed by atoms with Gasteiger partial charge in [0.1, 0.15) is 5.69 Å². The summed E-state index contributed by atoms with van der Waals surface area (Å²) in [5.41, 5.74) is 3.36. The Morgan fingerprint density at radius 3 is 2.88 bits per heavy atom. The van der Waals surface area contributed by atoms with E-state index in [1.807, 2.05) is 0 Å². The van der Waals surface area contributed by atoms with Crippen molar-refractivity contribution < 1.29 is 4.92 Å². The van der Waals surface area contributed by atoms with Crippen molar-refractivity contribution in [2.45, 2.75) is 6.54 Å². The molecular formula is C10H11N5O2. The number of aromatic nitrogens is 2. The number of para-hydroxylation sites is 1. The quantitative estimate of drug-likeness (QED) is 0.468. The Balaban J connectivity index is 2.40. The van der Waals surface area contributed by atoms with Crippen molar-refractivity contribution in [2.75, 3.05) is 5.43 Å². The minimum atomic E-state index is -0.470. The van der Waals surface area contributed by atoms with Crippen LogP contribution < -0.4 is 11.3 Å². The number of nitro benzene ring substituents is 1. The topological polar surface area (TPSA) is 99.0 Å². The second-order valence-electron chi connectivity index (χ2n) is 3.42. The molecular weight excluding hydrogens is 222 g/mol. The summed E-state index contributed by atoms with van der Waals surface area (Å²) in [5, 5.41) is 14.9. The third-order valence-corrected chi connectivity index (χ3v) is 2.36. The predicted octanol–water partition coefficient (Wildman–Crippen LogP) is 1.13.